The summed E-state index contributed by atoms with van der Waals surface area (Å²) >= 11 is 0. The van der Waals surface area contributed by atoms with Crippen LogP contribution >= 0.6 is 0 Å². The zero-order chi connectivity index (χ0) is 19.2. The van der Waals surface area contributed by atoms with Crippen molar-refractivity contribution in [3.8, 4) is 0 Å². The second-order valence-corrected chi connectivity index (χ2v) is 8.60. The molecule has 3 heterocycles. The molecule has 1 saturated carbocycles. The van der Waals surface area contributed by atoms with Crippen LogP contribution < -0.4 is 0 Å². The van der Waals surface area contributed by atoms with E-state index in [-0.39, 0.29) is 0 Å². The molecule has 8 heteroatoms. The van der Waals surface area contributed by atoms with Gasteiger partial charge in [0.05, 0.1) is 19.8 Å². The van der Waals surface area contributed by atoms with Gasteiger partial charge in [0.15, 0.2) is 5.82 Å². The van der Waals surface area contributed by atoms with E-state index in [4.69, 9.17) is 4.74 Å². The molecule has 28 heavy (non-hydrogen) atoms. The van der Waals surface area contributed by atoms with Crippen LogP contribution in [0.15, 0.2) is 0 Å². The minimum atomic E-state index is 0.307. The number of likely N-dealkylation sites (tertiary alicyclic amines) is 1. The molecule has 8 nitrogen and oxygen atoms in total. The molecule has 0 aromatic carbocycles. The lowest BCUT2D eigenvalue weighted by atomic mass is 9.80. The van der Waals surface area contributed by atoms with Crippen molar-refractivity contribution in [2.45, 2.75) is 64.5 Å². The van der Waals surface area contributed by atoms with Crippen LogP contribution in [-0.2, 0) is 22.6 Å². The van der Waals surface area contributed by atoms with E-state index in [1.165, 1.54) is 38.5 Å². The fourth-order valence-corrected chi connectivity index (χ4v) is 5.01. The van der Waals surface area contributed by atoms with E-state index in [0.717, 1.165) is 70.0 Å². The van der Waals surface area contributed by atoms with Crippen LogP contribution in [0.4, 0.5) is 0 Å². The first-order valence-corrected chi connectivity index (χ1v) is 11.1. The van der Waals surface area contributed by atoms with Gasteiger partial charge < -0.3 is 9.64 Å². The number of carbonyl (C=O) groups is 1. The van der Waals surface area contributed by atoms with Crippen molar-refractivity contribution >= 4 is 5.91 Å². The Morgan fingerprint density at radius 3 is 2.68 bits per heavy atom. The number of ether oxygens (including phenoxy) is 1. The van der Waals surface area contributed by atoms with E-state index in [0.29, 0.717) is 18.9 Å². The lowest BCUT2D eigenvalue weighted by Crippen LogP contribution is -2.36. The minimum absolute atomic E-state index is 0.307. The van der Waals surface area contributed by atoms with Crippen molar-refractivity contribution in [2.75, 3.05) is 39.4 Å². The number of carbonyl (C=O) groups excluding carboxylic acids is 1. The van der Waals surface area contributed by atoms with Crippen molar-refractivity contribution in [3.05, 3.63) is 5.82 Å². The molecule has 2 saturated heterocycles. The lowest BCUT2D eigenvalue weighted by Gasteiger charge is -2.27. The Morgan fingerprint density at radius 2 is 1.86 bits per heavy atom. The van der Waals surface area contributed by atoms with Crippen LogP contribution in [0.5, 0.6) is 0 Å². The summed E-state index contributed by atoms with van der Waals surface area (Å²) in [6.07, 6.45) is 9.50. The van der Waals surface area contributed by atoms with Crippen LogP contribution in [0.25, 0.3) is 0 Å². The highest BCUT2D eigenvalue weighted by atomic mass is 16.5. The third kappa shape index (κ3) is 5.08. The second-order valence-electron chi connectivity index (χ2n) is 8.60. The van der Waals surface area contributed by atoms with Crippen molar-refractivity contribution < 1.29 is 9.53 Å². The first kappa shape index (κ1) is 19.8. The van der Waals surface area contributed by atoms with Gasteiger partial charge >= 0.3 is 0 Å². The molecule has 0 spiro atoms. The highest BCUT2D eigenvalue weighted by molar-refractivity contribution is 5.76. The van der Waals surface area contributed by atoms with Gasteiger partial charge in [-0.2, -0.15) is 0 Å². The van der Waals surface area contributed by atoms with Gasteiger partial charge in [-0.05, 0) is 35.1 Å². The molecule has 4 rings (SSSR count). The van der Waals surface area contributed by atoms with E-state index in [1.54, 1.807) is 0 Å². The SMILES string of the molecule is O=C(CCCn1nnnc1CN1CCOCC1)N1CC[C@@H](C2CCCCC2)C1. The van der Waals surface area contributed by atoms with E-state index in [9.17, 15) is 4.79 Å². The molecule has 1 amide bonds. The van der Waals surface area contributed by atoms with E-state index in [2.05, 4.69) is 25.3 Å². The van der Waals surface area contributed by atoms with Crippen molar-refractivity contribution in [3.63, 3.8) is 0 Å². The first-order valence-electron chi connectivity index (χ1n) is 11.1. The molecule has 3 aliphatic rings. The van der Waals surface area contributed by atoms with Gasteiger partial charge in [0.1, 0.15) is 0 Å². The van der Waals surface area contributed by atoms with E-state index >= 15 is 0 Å². The number of morpholine rings is 1. The third-order valence-corrected chi connectivity index (χ3v) is 6.73. The zero-order valence-corrected chi connectivity index (χ0v) is 17.0. The summed E-state index contributed by atoms with van der Waals surface area (Å²) in [6, 6.07) is 0. The summed E-state index contributed by atoms with van der Waals surface area (Å²) in [6.45, 7) is 6.77. The van der Waals surface area contributed by atoms with Crippen molar-refractivity contribution in [1.29, 1.82) is 0 Å². The van der Waals surface area contributed by atoms with Gasteiger partial charge in [0, 0.05) is 39.1 Å². The highest BCUT2D eigenvalue weighted by Gasteiger charge is 2.32. The Kier molecular flexibility index (Phi) is 6.90. The smallest absolute Gasteiger partial charge is 0.222 e. The average Bonchev–Trinajstić information content (AvgIpc) is 3.40. The minimum Gasteiger partial charge on any atom is -0.379 e. The molecule has 1 atom stereocenters. The number of tetrazole rings is 1. The molecule has 0 N–H and O–H groups in total. The van der Waals surface area contributed by atoms with E-state index < -0.39 is 0 Å². The summed E-state index contributed by atoms with van der Waals surface area (Å²) < 4.78 is 7.25. The van der Waals surface area contributed by atoms with Gasteiger partial charge in [-0.25, -0.2) is 4.68 Å². The molecule has 1 aromatic rings. The maximum absolute atomic E-state index is 12.6. The summed E-state index contributed by atoms with van der Waals surface area (Å²) in [5.41, 5.74) is 0. The summed E-state index contributed by atoms with van der Waals surface area (Å²) in [7, 11) is 0. The van der Waals surface area contributed by atoms with Crippen molar-refractivity contribution in [2.24, 2.45) is 11.8 Å². The first-order chi connectivity index (χ1) is 13.8. The fraction of sp³-hybridized carbons (Fsp3) is 0.900. The molecule has 156 valence electrons. The monoisotopic (exact) mass is 390 g/mol. The number of amides is 1. The lowest BCUT2D eigenvalue weighted by molar-refractivity contribution is -0.130. The highest BCUT2D eigenvalue weighted by Crippen LogP contribution is 2.35. The van der Waals surface area contributed by atoms with Crippen LogP contribution in [0, 0.1) is 11.8 Å². The van der Waals surface area contributed by atoms with Crippen LogP contribution in [-0.4, -0.2) is 75.3 Å². The van der Waals surface area contributed by atoms with Crippen LogP contribution in [0.2, 0.25) is 0 Å². The van der Waals surface area contributed by atoms with Gasteiger partial charge in [0.25, 0.3) is 0 Å². The van der Waals surface area contributed by atoms with Gasteiger partial charge in [-0.15, -0.1) is 5.10 Å². The molecule has 0 radical (unpaired) electrons. The Balaban J connectivity index is 1.19. The van der Waals surface area contributed by atoms with Crippen molar-refractivity contribution in [1.82, 2.24) is 30.0 Å². The average molecular weight is 391 g/mol. The molecule has 0 bridgehead atoms. The Hall–Kier alpha value is -1.54. The number of aryl methyl sites for hydroxylation is 1. The van der Waals surface area contributed by atoms with Gasteiger partial charge in [-0.3, -0.25) is 9.69 Å². The largest absolute Gasteiger partial charge is 0.379 e. The number of aromatic nitrogens is 4. The van der Waals surface area contributed by atoms with Gasteiger partial charge in [0.2, 0.25) is 5.91 Å². The Morgan fingerprint density at radius 1 is 1.04 bits per heavy atom. The molecular weight excluding hydrogens is 356 g/mol. The second kappa shape index (κ2) is 9.78. The quantitative estimate of drug-likeness (QED) is 0.706. The normalized spacial score (nSPS) is 24.7. The molecule has 1 aromatic heterocycles. The fourth-order valence-electron chi connectivity index (χ4n) is 5.01. The third-order valence-electron chi connectivity index (χ3n) is 6.73. The summed E-state index contributed by atoms with van der Waals surface area (Å²) in [4.78, 5) is 17.1. The zero-order valence-electron chi connectivity index (χ0n) is 17.0. The maximum atomic E-state index is 12.6. The molecule has 3 fully saturated rings. The number of nitrogens with zero attached hydrogens (tertiary/aromatic N) is 6. The number of rotatable bonds is 7. The predicted octanol–water partition coefficient (Wildman–Crippen LogP) is 1.71. The van der Waals surface area contributed by atoms with Crippen LogP contribution in [0.3, 0.4) is 0 Å². The standard InChI is InChI=1S/C20H34N6O2/c27-20(25-10-8-18(15-25)17-5-2-1-3-6-17)7-4-9-26-19(21-22-23-26)16-24-11-13-28-14-12-24/h17-18H,1-16H2/t18-/m1/s1. The molecular formula is C20H34N6O2. The van der Waals surface area contributed by atoms with E-state index in [1.807, 2.05) is 4.68 Å². The summed E-state index contributed by atoms with van der Waals surface area (Å²) in [5.74, 6) is 2.79. The van der Waals surface area contributed by atoms with Gasteiger partial charge in [-0.1, -0.05) is 32.1 Å². The molecule has 0 unspecified atom stereocenters. The summed E-state index contributed by atoms with van der Waals surface area (Å²) in [5, 5.41) is 12.1. The molecule has 2 aliphatic heterocycles. The predicted molar refractivity (Wildman–Crippen MR) is 104 cm³/mol. The topological polar surface area (TPSA) is 76.4 Å². The maximum Gasteiger partial charge on any atom is 0.222 e. The molecule has 1 aliphatic carbocycles. The number of hydrogen-bond donors (Lipinski definition) is 0. The Labute approximate surface area is 167 Å². The van der Waals surface area contributed by atoms with Crippen LogP contribution in [0.1, 0.15) is 57.2 Å². The Bertz CT molecular complexity index is 624. The number of hydrogen-bond acceptors (Lipinski definition) is 6.